The van der Waals surface area contributed by atoms with Gasteiger partial charge in [-0.05, 0) is 23.6 Å². The van der Waals surface area contributed by atoms with Crippen LogP contribution >= 0.6 is 34.7 Å². The van der Waals surface area contributed by atoms with Crippen LogP contribution in [0.4, 0.5) is 0 Å². The molecule has 3 aromatic heterocycles. The summed E-state index contributed by atoms with van der Waals surface area (Å²) in [6.07, 6.45) is 0.779. The van der Waals surface area contributed by atoms with Gasteiger partial charge in [-0.25, -0.2) is 0 Å². The van der Waals surface area contributed by atoms with E-state index in [2.05, 4.69) is 31.8 Å². The summed E-state index contributed by atoms with van der Waals surface area (Å²) in [4.78, 5) is 5.68. The van der Waals surface area contributed by atoms with Gasteiger partial charge in [0, 0.05) is 28.9 Å². The molecule has 0 aliphatic carbocycles. The molecule has 0 bridgehead atoms. The maximum absolute atomic E-state index is 6.01. The molecule has 0 aliphatic rings. The van der Waals surface area contributed by atoms with Crippen molar-refractivity contribution in [3.05, 3.63) is 63.4 Å². The molecule has 0 fully saturated rings. The van der Waals surface area contributed by atoms with Crippen LogP contribution in [0.1, 0.15) is 16.6 Å². The number of aromatic nitrogens is 5. The lowest BCUT2D eigenvalue weighted by atomic mass is 10.2. The van der Waals surface area contributed by atoms with Crippen molar-refractivity contribution >= 4 is 34.7 Å². The lowest BCUT2D eigenvalue weighted by Crippen LogP contribution is -1.99. The van der Waals surface area contributed by atoms with E-state index in [9.17, 15) is 0 Å². The first-order valence-corrected chi connectivity index (χ1v) is 10.1. The van der Waals surface area contributed by atoms with Gasteiger partial charge in [0.05, 0.1) is 5.75 Å². The summed E-state index contributed by atoms with van der Waals surface area (Å²) in [6.45, 7) is 0. The van der Waals surface area contributed by atoms with Crippen LogP contribution in [0.5, 0.6) is 0 Å². The molecule has 0 atom stereocenters. The van der Waals surface area contributed by atoms with Crippen LogP contribution in [0.25, 0.3) is 11.4 Å². The molecule has 0 aliphatic heterocycles. The van der Waals surface area contributed by atoms with Gasteiger partial charge in [0.25, 0.3) is 0 Å². The van der Waals surface area contributed by atoms with Crippen molar-refractivity contribution in [2.24, 2.45) is 7.05 Å². The standard InChI is InChI=1S/C17H14ClN5OS2/c1-23-14(9-13-6-3-7-25-13)20-21-17(23)26-10-15-19-16(22-24-15)11-4-2-5-12(18)8-11/h2-8H,9-10H2,1H3. The fraction of sp³-hybridized carbons (Fsp3) is 0.176. The van der Waals surface area contributed by atoms with Gasteiger partial charge < -0.3 is 9.09 Å². The maximum Gasteiger partial charge on any atom is 0.237 e. The lowest BCUT2D eigenvalue weighted by molar-refractivity contribution is 0.391. The van der Waals surface area contributed by atoms with Crippen LogP contribution in [0.2, 0.25) is 5.02 Å². The third-order valence-corrected chi connectivity index (χ3v) is 5.83. The van der Waals surface area contributed by atoms with Gasteiger partial charge >= 0.3 is 0 Å². The second-order valence-corrected chi connectivity index (χ2v) is 7.94. The number of thiophene rings is 1. The Morgan fingerprint density at radius 2 is 2.15 bits per heavy atom. The summed E-state index contributed by atoms with van der Waals surface area (Å²) < 4.78 is 7.33. The van der Waals surface area contributed by atoms with Gasteiger partial charge in [0.2, 0.25) is 11.7 Å². The summed E-state index contributed by atoms with van der Waals surface area (Å²) in [6, 6.07) is 11.5. The smallest absolute Gasteiger partial charge is 0.237 e. The van der Waals surface area contributed by atoms with Crippen LogP contribution in [0.3, 0.4) is 0 Å². The predicted molar refractivity (Wildman–Crippen MR) is 102 cm³/mol. The Morgan fingerprint density at radius 3 is 2.96 bits per heavy atom. The Morgan fingerprint density at radius 1 is 1.23 bits per heavy atom. The summed E-state index contributed by atoms with van der Waals surface area (Å²) in [5, 5.41) is 16.1. The Balaban J connectivity index is 1.42. The highest BCUT2D eigenvalue weighted by Crippen LogP contribution is 2.24. The van der Waals surface area contributed by atoms with Crippen molar-refractivity contribution in [2.75, 3.05) is 0 Å². The zero-order chi connectivity index (χ0) is 17.9. The molecule has 0 amide bonds. The third kappa shape index (κ3) is 3.82. The molecular formula is C17H14ClN5OS2. The van der Waals surface area contributed by atoms with E-state index < -0.39 is 0 Å². The monoisotopic (exact) mass is 403 g/mol. The third-order valence-electron chi connectivity index (χ3n) is 3.71. The van der Waals surface area contributed by atoms with Gasteiger partial charge in [-0.1, -0.05) is 46.7 Å². The summed E-state index contributed by atoms with van der Waals surface area (Å²) in [5.41, 5.74) is 0.828. The second-order valence-electron chi connectivity index (χ2n) is 5.52. The van der Waals surface area contributed by atoms with Crippen molar-refractivity contribution in [1.29, 1.82) is 0 Å². The van der Waals surface area contributed by atoms with E-state index in [-0.39, 0.29) is 0 Å². The second kappa shape index (κ2) is 7.61. The highest BCUT2D eigenvalue weighted by Gasteiger charge is 2.14. The van der Waals surface area contributed by atoms with E-state index in [1.54, 1.807) is 11.3 Å². The summed E-state index contributed by atoms with van der Waals surface area (Å²) >= 11 is 9.24. The normalized spacial score (nSPS) is 11.2. The predicted octanol–water partition coefficient (Wildman–Crippen LogP) is 4.46. The summed E-state index contributed by atoms with van der Waals surface area (Å²) in [5.74, 6) is 2.52. The Labute approximate surface area is 163 Å². The molecule has 0 saturated carbocycles. The van der Waals surface area contributed by atoms with E-state index >= 15 is 0 Å². The Hall–Kier alpha value is -2.16. The molecule has 0 saturated heterocycles. The molecule has 0 N–H and O–H groups in total. The molecule has 0 radical (unpaired) electrons. The number of thioether (sulfide) groups is 1. The molecule has 4 rings (SSSR count). The van der Waals surface area contributed by atoms with Gasteiger partial charge in [0.1, 0.15) is 5.82 Å². The fourth-order valence-electron chi connectivity index (χ4n) is 2.38. The minimum atomic E-state index is 0.526. The maximum atomic E-state index is 6.01. The number of benzene rings is 1. The van der Waals surface area contributed by atoms with Gasteiger partial charge in [-0.15, -0.1) is 21.5 Å². The SMILES string of the molecule is Cn1c(Cc2cccs2)nnc1SCc1nc(-c2cccc(Cl)c2)no1. The molecular weight excluding hydrogens is 390 g/mol. The average Bonchev–Trinajstić information content (AvgIpc) is 3.37. The Kier molecular flexibility index (Phi) is 5.05. The number of rotatable bonds is 6. The van der Waals surface area contributed by atoms with Crippen molar-refractivity contribution in [2.45, 2.75) is 17.3 Å². The van der Waals surface area contributed by atoms with Gasteiger partial charge in [-0.3, -0.25) is 0 Å². The first kappa shape index (κ1) is 17.3. The zero-order valence-corrected chi connectivity index (χ0v) is 16.2. The lowest BCUT2D eigenvalue weighted by Gasteiger charge is -2.01. The van der Waals surface area contributed by atoms with Crippen LogP contribution < -0.4 is 0 Å². The van der Waals surface area contributed by atoms with Gasteiger partial charge in [0.15, 0.2) is 5.16 Å². The quantitative estimate of drug-likeness (QED) is 0.442. The molecule has 4 aromatic rings. The first-order chi connectivity index (χ1) is 12.7. The number of halogens is 1. The molecule has 9 heteroatoms. The largest absolute Gasteiger partial charge is 0.338 e. The molecule has 132 valence electrons. The highest BCUT2D eigenvalue weighted by atomic mass is 35.5. The van der Waals surface area contributed by atoms with Crippen molar-refractivity contribution in [3.8, 4) is 11.4 Å². The fourth-order valence-corrected chi connectivity index (χ4v) is 4.04. The van der Waals surface area contributed by atoms with E-state index in [4.69, 9.17) is 16.1 Å². The van der Waals surface area contributed by atoms with Crippen molar-refractivity contribution in [1.82, 2.24) is 24.9 Å². The number of nitrogens with zero attached hydrogens (tertiary/aromatic N) is 5. The van der Waals surface area contributed by atoms with Crippen LogP contribution in [0.15, 0.2) is 51.5 Å². The first-order valence-electron chi connectivity index (χ1n) is 7.81. The summed E-state index contributed by atoms with van der Waals surface area (Å²) in [7, 11) is 1.97. The minimum absolute atomic E-state index is 0.526. The van der Waals surface area contributed by atoms with E-state index in [0.717, 1.165) is 23.0 Å². The molecule has 0 spiro atoms. The Bertz CT molecular complexity index is 1010. The van der Waals surface area contributed by atoms with Crippen LogP contribution in [-0.2, 0) is 19.2 Å². The minimum Gasteiger partial charge on any atom is -0.338 e. The zero-order valence-electron chi connectivity index (χ0n) is 13.8. The van der Waals surface area contributed by atoms with Crippen molar-refractivity contribution < 1.29 is 4.52 Å². The van der Waals surface area contributed by atoms with Crippen molar-refractivity contribution in [3.63, 3.8) is 0 Å². The topological polar surface area (TPSA) is 69.6 Å². The van der Waals surface area contributed by atoms with Crippen LogP contribution in [-0.4, -0.2) is 24.9 Å². The van der Waals surface area contributed by atoms with E-state index in [1.807, 2.05) is 41.9 Å². The molecule has 0 unspecified atom stereocenters. The molecule has 1 aromatic carbocycles. The average molecular weight is 404 g/mol. The molecule has 26 heavy (non-hydrogen) atoms. The van der Waals surface area contributed by atoms with Crippen LogP contribution in [0, 0.1) is 0 Å². The highest BCUT2D eigenvalue weighted by molar-refractivity contribution is 7.98. The van der Waals surface area contributed by atoms with Gasteiger partial charge in [-0.2, -0.15) is 4.98 Å². The van der Waals surface area contributed by atoms with E-state index in [0.29, 0.717) is 22.5 Å². The number of hydrogen-bond donors (Lipinski definition) is 0. The molecule has 6 nitrogen and oxygen atoms in total. The number of hydrogen-bond acceptors (Lipinski definition) is 7. The molecule has 3 heterocycles. The van der Waals surface area contributed by atoms with E-state index in [1.165, 1.54) is 16.6 Å².